The smallest absolute Gasteiger partial charge is 0.309 e. The molecule has 4 fully saturated rings. The first-order chi connectivity index (χ1) is 27.6. The number of carboxylic acid groups (broad SMARTS) is 1. The number of aliphatic carboxylic acids is 1. The zero-order valence-electron chi connectivity index (χ0n) is 37.7. The maximum Gasteiger partial charge on any atom is 0.309 e. The molecule has 0 aromatic rings. The molecule has 5 rings (SSSR count). The third kappa shape index (κ3) is 9.50. The number of carboxylic acids is 1. The van der Waals surface area contributed by atoms with Crippen LogP contribution in [0.25, 0.3) is 0 Å². The Balaban J connectivity index is 1.41. The van der Waals surface area contributed by atoms with Gasteiger partial charge in [0.15, 0.2) is 11.9 Å². The molecule has 0 aliphatic carbocycles. The van der Waals surface area contributed by atoms with E-state index in [1.54, 1.807) is 13.0 Å². The fourth-order valence-electron chi connectivity index (χ4n) is 11.2. The Morgan fingerprint density at radius 3 is 2.10 bits per heavy atom. The highest BCUT2D eigenvalue weighted by Gasteiger charge is 2.64. The van der Waals surface area contributed by atoms with E-state index in [4.69, 9.17) is 33.2 Å². The van der Waals surface area contributed by atoms with E-state index in [1.165, 1.54) is 13.8 Å². The maximum atomic E-state index is 14.9. The van der Waals surface area contributed by atoms with E-state index in [9.17, 15) is 29.4 Å². The summed E-state index contributed by atoms with van der Waals surface area (Å²) in [6.07, 6.45) is 5.34. The van der Waals surface area contributed by atoms with E-state index in [1.807, 2.05) is 47.6 Å². The molecule has 5 aliphatic rings. The van der Waals surface area contributed by atoms with Crippen LogP contribution in [-0.2, 0) is 52.3 Å². The van der Waals surface area contributed by atoms with Crippen molar-refractivity contribution >= 4 is 23.7 Å². The van der Waals surface area contributed by atoms with Gasteiger partial charge in [0.05, 0.1) is 53.6 Å². The van der Waals surface area contributed by atoms with Crippen LogP contribution >= 0.6 is 0 Å². The summed E-state index contributed by atoms with van der Waals surface area (Å²) in [7, 11) is 0. The van der Waals surface area contributed by atoms with Crippen molar-refractivity contribution in [3.8, 4) is 0 Å². The topological polar surface area (TPSA) is 173 Å². The predicted octanol–water partition coefficient (Wildman–Crippen LogP) is 7.33. The number of ketones is 1. The summed E-state index contributed by atoms with van der Waals surface area (Å²) < 4.78 is 46.1. The Kier molecular flexibility index (Phi) is 14.9. The molecule has 13 nitrogen and oxygen atoms in total. The Morgan fingerprint density at radius 1 is 0.847 bits per heavy atom. The Labute approximate surface area is 351 Å². The van der Waals surface area contributed by atoms with E-state index in [2.05, 4.69) is 20.8 Å². The number of esters is 2. The van der Waals surface area contributed by atoms with Crippen molar-refractivity contribution in [1.29, 1.82) is 0 Å². The highest BCUT2D eigenvalue weighted by molar-refractivity contribution is 5.84. The van der Waals surface area contributed by atoms with E-state index in [0.717, 1.165) is 6.42 Å². The van der Waals surface area contributed by atoms with Crippen molar-refractivity contribution in [2.24, 2.45) is 41.4 Å². The molecule has 0 unspecified atom stereocenters. The molecule has 4 saturated heterocycles. The molecule has 0 aromatic carbocycles. The molecule has 13 heteroatoms. The molecule has 0 bridgehead atoms. The first-order valence-corrected chi connectivity index (χ1v) is 22.5. The van der Waals surface area contributed by atoms with Crippen LogP contribution < -0.4 is 0 Å². The fourth-order valence-corrected chi connectivity index (χ4v) is 11.2. The van der Waals surface area contributed by atoms with Crippen molar-refractivity contribution in [2.45, 2.75) is 213 Å². The molecule has 5 aliphatic heterocycles. The number of rotatable bonds is 14. The van der Waals surface area contributed by atoms with E-state index in [-0.39, 0.29) is 29.6 Å². The van der Waals surface area contributed by atoms with Gasteiger partial charge in [0, 0.05) is 38.0 Å². The average molecular weight is 835 g/mol. The van der Waals surface area contributed by atoms with E-state index < -0.39 is 101 Å². The highest BCUT2D eigenvalue weighted by atomic mass is 16.8. The van der Waals surface area contributed by atoms with Crippen molar-refractivity contribution in [3.05, 3.63) is 12.2 Å². The lowest BCUT2D eigenvalue weighted by Gasteiger charge is -2.54. The molecule has 336 valence electrons. The molecule has 0 radical (unpaired) electrons. The van der Waals surface area contributed by atoms with Crippen LogP contribution in [0.5, 0.6) is 0 Å². The SMILES string of the molecule is CC[C@@H](C(=O)[C@@H](C)[C@@H](OC(C)=O)[C@H](C)[C@@H]1O[C@@H]([C@@H](CC)C(=O)O)CC[C@@H]1C)[C@H]1O[C@]2(C=C[C@@H](OC(C)=O)[C@]3(CC[C@@](C)([C@H]4CC[C@](O)(CC)[C@H](C)O4)O3)O2)[C@H](C)C[C@@H]1C. The molecule has 2 spiro atoms. The van der Waals surface area contributed by atoms with Crippen LogP contribution in [-0.4, -0.2) is 99.4 Å². The molecule has 2 N–H and O–H groups in total. The van der Waals surface area contributed by atoms with Crippen LogP contribution in [0.1, 0.15) is 147 Å². The minimum absolute atomic E-state index is 0.0471. The number of carbonyl (C=O) groups excluding carboxylic acids is 3. The highest BCUT2D eigenvalue weighted by Crippen LogP contribution is 2.54. The lowest BCUT2D eigenvalue weighted by atomic mass is 9.72. The largest absolute Gasteiger partial charge is 0.481 e. The Hall–Kier alpha value is -2.42. The molecule has 0 saturated carbocycles. The molecular weight excluding hydrogens is 760 g/mol. The molecule has 18 atom stereocenters. The summed E-state index contributed by atoms with van der Waals surface area (Å²) in [4.78, 5) is 52.1. The zero-order valence-corrected chi connectivity index (χ0v) is 37.7. The second kappa shape index (κ2) is 18.5. The van der Waals surface area contributed by atoms with Crippen LogP contribution in [0.3, 0.4) is 0 Å². The summed E-state index contributed by atoms with van der Waals surface area (Å²) in [5, 5.41) is 21.0. The van der Waals surface area contributed by atoms with Gasteiger partial charge in [0.25, 0.3) is 0 Å². The lowest BCUT2D eigenvalue weighted by Crippen LogP contribution is -2.63. The third-order valence-electron chi connectivity index (χ3n) is 15.0. The summed E-state index contributed by atoms with van der Waals surface area (Å²) in [6, 6.07) is 0. The van der Waals surface area contributed by atoms with Gasteiger partial charge in [-0.3, -0.25) is 19.2 Å². The van der Waals surface area contributed by atoms with Gasteiger partial charge in [0.2, 0.25) is 5.79 Å². The zero-order chi connectivity index (χ0) is 43.8. The second-order valence-electron chi connectivity index (χ2n) is 19.1. The first-order valence-electron chi connectivity index (χ1n) is 22.5. The second-order valence-corrected chi connectivity index (χ2v) is 19.1. The van der Waals surface area contributed by atoms with Crippen LogP contribution in [0, 0.1) is 41.4 Å². The van der Waals surface area contributed by atoms with Crippen molar-refractivity contribution in [1.82, 2.24) is 0 Å². The summed E-state index contributed by atoms with van der Waals surface area (Å²) in [5.41, 5.74) is -1.73. The maximum absolute atomic E-state index is 14.9. The monoisotopic (exact) mass is 835 g/mol. The predicted molar refractivity (Wildman–Crippen MR) is 218 cm³/mol. The minimum Gasteiger partial charge on any atom is -0.481 e. The van der Waals surface area contributed by atoms with Crippen molar-refractivity contribution < 1.29 is 62.5 Å². The summed E-state index contributed by atoms with van der Waals surface area (Å²) in [5.74, 6) is -7.23. The molecular formula is C46H74O13. The van der Waals surface area contributed by atoms with Gasteiger partial charge in [-0.15, -0.1) is 0 Å². The van der Waals surface area contributed by atoms with Gasteiger partial charge < -0.3 is 43.4 Å². The van der Waals surface area contributed by atoms with Crippen LogP contribution in [0.4, 0.5) is 0 Å². The summed E-state index contributed by atoms with van der Waals surface area (Å²) in [6.45, 7) is 22.3. The number of ether oxygens (including phenoxy) is 7. The molecule has 0 amide bonds. The van der Waals surface area contributed by atoms with Crippen LogP contribution in [0.15, 0.2) is 12.2 Å². The van der Waals surface area contributed by atoms with Gasteiger partial charge >= 0.3 is 17.9 Å². The number of hydrogen-bond acceptors (Lipinski definition) is 12. The van der Waals surface area contributed by atoms with Crippen LogP contribution in [0.2, 0.25) is 0 Å². The molecule has 5 heterocycles. The third-order valence-corrected chi connectivity index (χ3v) is 15.0. The standard InChI is InChI=1S/C46H74O13/c1-13-33(42(50)51)35-17-16-25(4)39(56-35)29(8)41(55-32(11)48)28(7)38(49)34(14-2)40-26(5)24-27(6)45(57-40)21-19-37(54-31(10)47)46(59-45)23-22-43(12,58-46)36-18-20-44(52,15-3)30(9)53-36/h19,21,25-30,33-37,39-41,52H,13-18,20,22-24H2,1-12H3,(H,50,51)/t25-,26-,27+,28+,29+,30-,33+,34-,35+,36+,37+,39+,40-,41+,43-,44+,45-,46-/m0/s1. The Bertz CT molecular complexity index is 1550. The van der Waals surface area contributed by atoms with Gasteiger partial charge in [0.1, 0.15) is 11.9 Å². The molecule has 59 heavy (non-hydrogen) atoms. The first kappa shape index (κ1) is 47.6. The van der Waals surface area contributed by atoms with Gasteiger partial charge in [-0.1, -0.05) is 55.4 Å². The van der Waals surface area contributed by atoms with Gasteiger partial charge in [-0.05, 0) is 95.6 Å². The van der Waals surface area contributed by atoms with Crippen molar-refractivity contribution in [3.63, 3.8) is 0 Å². The lowest BCUT2D eigenvalue weighted by molar-refractivity contribution is -0.409. The quantitative estimate of drug-likeness (QED) is 0.132. The van der Waals surface area contributed by atoms with Gasteiger partial charge in [-0.25, -0.2) is 0 Å². The summed E-state index contributed by atoms with van der Waals surface area (Å²) >= 11 is 0. The number of aliphatic hydroxyl groups is 1. The number of carbonyl (C=O) groups is 4. The molecule has 0 aromatic heterocycles. The fraction of sp³-hybridized carbons (Fsp3) is 0.870. The number of Topliss-reactive ketones (excluding diaryl/α,β-unsaturated/α-hetero) is 1. The Morgan fingerprint density at radius 2 is 1.53 bits per heavy atom. The number of hydrogen-bond donors (Lipinski definition) is 2. The normalized spacial score (nSPS) is 42.4. The minimum atomic E-state index is -1.40. The van der Waals surface area contributed by atoms with Gasteiger partial charge in [-0.2, -0.15) is 0 Å². The van der Waals surface area contributed by atoms with E-state index >= 15 is 0 Å². The van der Waals surface area contributed by atoms with Crippen molar-refractivity contribution in [2.75, 3.05) is 0 Å². The average Bonchev–Trinajstić information content (AvgIpc) is 3.52. The van der Waals surface area contributed by atoms with E-state index in [0.29, 0.717) is 57.8 Å².